The first-order chi connectivity index (χ1) is 15.5. The zero-order valence-electron chi connectivity index (χ0n) is 19.5. The third-order valence-corrected chi connectivity index (χ3v) is 6.75. The van der Waals surface area contributed by atoms with Crippen LogP contribution in [0.5, 0.6) is 5.75 Å². The molecule has 7 heteroatoms. The highest BCUT2D eigenvalue weighted by molar-refractivity contribution is 5.94. The monoisotopic (exact) mass is 443 g/mol. The first-order valence-corrected chi connectivity index (χ1v) is 12.2. The van der Waals surface area contributed by atoms with Gasteiger partial charge < -0.3 is 19.7 Å². The fourth-order valence-corrected chi connectivity index (χ4v) is 5.18. The number of nitrogens with one attached hydrogen (secondary N) is 1. The summed E-state index contributed by atoms with van der Waals surface area (Å²) in [5.41, 5.74) is 1.99. The lowest BCUT2D eigenvalue weighted by atomic mass is 9.95. The second kappa shape index (κ2) is 10.7. The number of nitrogens with zero attached hydrogens (tertiary/aromatic N) is 2. The molecule has 2 atom stereocenters. The molecule has 0 spiro atoms. The number of aryl methyl sites for hydroxylation is 1. The minimum Gasteiger partial charge on any atom is -0.494 e. The number of amides is 2. The van der Waals surface area contributed by atoms with Gasteiger partial charge in [0.25, 0.3) is 0 Å². The molecule has 2 amide bonds. The van der Waals surface area contributed by atoms with Crippen molar-refractivity contribution in [1.82, 2.24) is 9.80 Å². The van der Waals surface area contributed by atoms with E-state index in [-0.39, 0.29) is 11.8 Å². The number of rotatable bonds is 7. The Balaban J connectivity index is 1.13. The molecule has 1 N–H and O–H groups in total. The van der Waals surface area contributed by atoms with E-state index in [0.29, 0.717) is 37.6 Å². The van der Waals surface area contributed by atoms with Gasteiger partial charge in [-0.1, -0.05) is 0 Å². The van der Waals surface area contributed by atoms with Gasteiger partial charge in [0.2, 0.25) is 11.8 Å². The summed E-state index contributed by atoms with van der Waals surface area (Å²) in [6.07, 6.45) is 5.32. The Labute approximate surface area is 191 Å². The number of piperidine rings is 1. The Bertz CT molecular complexity index is 796. The van der Waals surface area contributed by atoms with Crippen molar-refractivity contribution < 1.29 is 19.1 Å². The minimum atomic E-state index is 0.0685. The highest BCUT2D eigenvalue weighted by Crippen LogP contribution is 2.27. The first kappa shape index (κ1) is 23.1. The Kier molecular flexibility index (Phi) is 7.68. The van der Waals surface area contributed by atoms with Crippen molar-refractivity contribution in [1.29, 1.82) is 0 Å². The maximum absolute atomic E-state index is 12.6. The summed E-state index contributed by atoms with van der Waals surface area (Å²) >= 11 is 0. The molecular weight excluding hydrogens is 406 g/mol. The summed E-state index contributed by atoms with van der Waals surface area (Å²) in [6.45, 7) is 9.73. The van der Waals surface area contributed by atoms with Gasteiger partial charge in [-0.15, -0.1) is 0 Å². The Hall–Kier alpha value is -2.12. The SMILES string of the molecule is CC1CN(CC2CCN(C(=O)CCCOc3ccc4c(c3)CCC(=O)N4)CC2)CC(C)O1. The molecule has 0 aliphatic carbocycles. The van der Waals surface area contributed by atoms with Crippen molar-refractivity contribution in [2.45, 2.75) is 64.6 Å². The summed E-state index contributed by atoms with van der Waals surface area (Å²) in [7, 11) is 0. The molecule has 0 aromatic heterocycles. The van der Waals surface area contributed by atoms with E-state index in [1.165, 1.54) is 0 Å². The number of hydrogen-bond acceptors (Lipinski definition) is 5. The van der Waals surface area contributed by atoms with Gasteiger partial charge in [-0.3, -0.25) is 14.5 Å². The quantitative estimate of drug-likeness (QED) is 0.656. The number of anilines is 1. The van der Waals surface area contributed by atoms with Crippen LogP contribution in [-0.4, -0.2) is 73.2 Å². The lowest BCUT2D eigenvalue weighted by Gasteiger charge is -2.39. The van der Waals surface area contributed by atoms with E-state index >= 15 is 0 Å². The molecule has 2 saturated heterocycles. The average molecular weight is 444 g/mol. The van der Waals surface area contributed by atoms with Crippen LogP contribution in [0.1, 0.15) is 51.5 Å². The third kappa shape index (κ3) is 6.23. The molecule has 1 aromatic carbocycles. The van der Waals surface area contributed by atoms with Crippen LogP contribution < -0.4 is 10.1 Å². The van der Waals surface area contributed by atoms with E-state index in [1.807, 2.05) is 23.1 Å². The molecule has 3 heterocycles. The van der Waals surface area contributed by atoms with Gasteiger partial charge in [0.1, 0.15) is 5.75 Å². The molecule has 1 aromatic rings. The fraction of sp³-hybridized carbons (Fsp3) is 0.680. The topological polar surface area (TPSA) is 71.1 Å². The number of ether oxygens (including phenoxy) is 2. The van der Waals surface area contributed by atoms with Crippen LogP contribution in [0.4, 0.5) is 5.69 Å². The number of fused-ring (bicyclic) bond motifs is 1. The van der Waals surface area contributed by atoms with Gasteiger partial charge in [0, 0.05) is 51.3 Å². The molecule has 32 heavy (non-hydrogen) atoms. The van der Waals surface area contributed by atoms with Crippen LogP contribution >= 0.6 is 0 Å². The van der Waals surface area contributed by atoms with E-state index in [9.17, 15) is 9.59 Å². The summed E-state index contributed by atoms with van der Waals surface area (Å²) in [6, 6.07) is 5.78. The van der Waals surface area contributed by atoms with Crippen molar-refractivity contribution in [3.63, 3.8) is 0 Å². The second-order valence-corrected chi connectivity index (χ2v) is 9.62. The number of hydrogen-bond donors (Lipinski definition) is 1. The van der Waals surface area contributed by atoms with E-state index in [1.54, 1.807) is 0 Å². The van der Waals surface area contributed by atoms with Crippen molar-refractivity contribution >= 4 is 17.5 Å². The highest BCUT2D eigenvalue weighted by atomic mass is 16.5. The van der Waals surface area contributed by atoms with Gasteiger partial charge in [0.15, 0.2) is 0 Å². The number of likely N-dealkylation sites (tertiary alicyclic amines) is 1. The van der Waals surface area contributed by atoms with Gasteiger partial charge in [-0.25, -0.2) is 0 Å². The Morgan fingerprint density at radius 2 is 1.91 bits per heavy atom. The van der Waals surface area contributed by atoms with Crippen LogP contribution in [0.15, 0.2) is 18.2 Å². The number of carbonyl (C=O) groups is 2. The standard InChI is InChI=1S/C25H37N3O4/c1-18-15-27(16-19(2)32-18)17-20-9-11-28(12-10-20)25(30)4-3-13-31-22-6-7-23-21(14-22)5-8-24(29)26-23/h6-7,14,18-20H,3-5,8-13,15-17H2,1-2H3,(H,26,29). The largest absolute Gasteiger partial charge is 0.494 e. The maximum atomic E-state index is 12.6. The van der Waals surface area contributed by atoms with Crippen LogP contribution in [-0.2, 0) is 20.7 Å². The normalized spacial score (nSPS) is 24.7. The molecule has 7 nitrogen and oxygen atoms in total. The molecule has 3 aliphatic heterocycles. The lowest BCUT2D eigenvalue weighted by Crippen LogP contribution is -2.48. The van der Waals surface area contributed by atoms with E-state index in [2.05, 4.69) is 24.1 Å². The smallest absolute Gasteiger partial charge is 0.224 e. The number of carbonyl (C=O) groups excluding carboxylic acids is 2. The lowest BCUT2D eigenvalue weighted by molar-refractivity contribution is -0.133. The Morgan fingerprint density at radius 3 is 2.66 bits per heavy atom. The van der Waals surface area contributed by atoms with Crippen LogP contribution in [0.2, 0.25) is 0 Å². The van der Waals surface area contributed by atoms with Crippen LogP contribution in [0.25, 0.3) is 0 Å². The van der Waals surface area contributed by atoms with Crippen LogP contribution in [0.3, 0.4) is 0 Å². The molecule has 2 unspecified atom stereocenters. The van der Waals surface area contributed by atoms with Gasteiger partial charge in [0.05, 0.1) is 18.8 Å². The van der Waals surface area contributed by atoms with Crippen molar-refractivity contribution in [2.24, 2.45) is 5.92 Å². The fourth-order valence-electron chi connectivity index (χ4n) is 5.18. The molecule has 2 fully saturated rings. The molecule has 0 radical (unpaired) electrons. The summed E-state index contributed by atoms with van der Waals surface area (Å²) in [5, 5.41) is 2.88. The summed E-state index contributed by atoms with van der Waals surface area (Å²) in [5.74, 6) is 1.79. The molecule has 3 aliphatic rings. The van der Waals surface area contributed by atoms with Crippen molar-refractivity contribution in [3.05, 3.63) is 23.8 Å². The average Bonchev–Trinajstić information content (AvgIpc) is 2.76. The molecule has 0 bridgehead atoms. The van der Waals surface area contributed by atoms with Gasteiger partial charge >= 0.3 is 0 Å². The number of benzene rings is 1. The predicted octanol–water partition coefficient (Wildman–Crippen LogP) is 3.08. The van der Waals surface area contributed by atoms with Crippen LogP contribution in [0, 0.1) is 5.92 Å². The molecule has 0 saturated carbocycles. The van der Waals surface area contributed by atoms with E-state index < -0.39 is 0 Å². The van der Waals surface area contributed by atoms with E-state index in [4.69, 9.17) is 9.47 Å². The molecule has 4 rings (SSSR count). The highest BCUT2D eigenvalue weighted by Gasteiger charge is 2.27. The second-order valence-electron chi connectivity index (χ2n) is 9.62. The minimum absolute atomic E-state index is 0.0685. The van der Waals surface area contributed by atoms with Gasteiger partial charge in [-0.05, 0) is 69.2 Å². The Morgan fingerprint density at radius 1 is 1.16 bits per heavy atom. The maximum Gasteiger partial charge on any atom is 0.224 e. The molecular formula is C25H37N3O4. The van der Waals surface area contributed by atoms with Crippen molar-refractivity contribution in [2.75, 3.05) is 44.6 Å². The zero-order valence-corrected chi connectivity index (χ0v) is 19.5. The van der Waals surface area contributed by atoms with Crippen molar-refractivity contribution in [3.8, 4) is 5.75 Å². The predicted molar refractivity (Wildman–Crippen MR) is 124 cm³/mol. The summed E-state index contributed by atoms with van der Waals surface area (Å²) < 4.78 is 11.7. The summed E-state index contributed by atoms with van der Waals surface area (Å²) in [4.78, 5) is 28.6. The van der Waals surface area contributed by atoms with E-state index in [0.717, 1.165) is 75.4 Å². The first-order valence-electron chi connectivity index (χ1n) is 12.2. The number of morpholine rings is 1. The zero-order chi connectivity index (χ0) is 22.5. The van der Waals surface area contributed by atoms with Gasteiger partial charge in [-0.2, -0.15) is 0 Å². The third-order valence-electron chi connectivity index (χ3n) is 6.75. The molecule has 176 valence electrons.